The van der Waals surface area contributed by atoms with Crippen LogP contribution in [0.5, 0.6) is 0 Å². The summed E-state index contributed by atoms with van der Waals surface area (Å²) in [5, 5.41) is 2.80. The van der Waals surface area contributed by atoms with Gasteiger partial charge in [0, 0.05) is 12.3 Å². The van der Waals surface area contributed by atoms with Gasteiger partial charge in [-0.05, 0) is 23.1 Å². The van der Waals surface area contributed by atoms with Gasteiger partial charge in [-0.15, -0.1) is 17.9 Å². The molecular formula is C17H13F3N2OS2. The lowest BCUT2D eigenvalue weighted by atomic mass is 10.1. The molecule has 3 aromatic rings. The number of hydrogen-bond acceptors (Lipinski definition) is 4. The molecule has 0 spiro atoms. The van der Waals surface area contributed by atoms with Gasteiger partial charge >= 0.3 is 6.18 Å². The molecule has 0 aliphatic heterocycles. The fourth-order valence-corrected chi connectivity index (χ4v) is 4.07. The summed E-state index contributed by atoms with van der Waals surface area (Å²) in [6, 6.07) is 6.88. The topological polar surface area (TPSA) is 34.9 Å². The summed E-state index contributed by atoms with van der Waals surface area (Å²) in [4.78, 5) is 17.6. The Kier molecular flexibility index (Phi) is 5.01. The van der Waals surface area contributed by atoms with E-state index in [-0.39, 0.29) is 11.3 Å². The van der Waals surface area contributed by atoms with E-state index in [0.29, 0.717) is 27.5 Å². The van der Waals surface area contributed by atoms with Gasteiger partial charge in [0.25, 0.3) is 5.56 Å². The Morgan fingerprint density at radius 2 is 2.12 bits per heavy atom. The first kappa shape index (κ1) is 17.8. The SMILES string of the molecule is C=CCn1c(SCc2cccc(C(F)(F)F)c2)nc2sccc2c1=O. The Morgan fingerprint density at radius 1 is 1.32 bits per heavy atom. The van der Waals surface area contributed by atoms with Gasteiger partial charge in [-0.2, -0.15) is 13.2 Å². The zero-order valence-corrected chi connectivity index (χ0v) is 14.5. The van der Waals surface area contributed by atoms with Crippen molar-refractivity contribution in [2.75, 3.05) is 0 Å². The largest absolute Gasteiger partial charge is 0.416 e. The summed E-state index contributed by atoms with van der Waals surface area (Å²) in [6.45, 7) is 3.94. The Balaban J connectivity index is 1.92. The van der Waals surface area contributed by atoms with Crippen LogP contribution in [0.4, 0.5) is 13.2 Å². The molecule has 130 valence electrons. The van der Waals surface area contributed by atoms with E-state index in [2.05, 4.69) is 11.6 Å². The molecule has 2 heterocycles. The maximum absolute atomic E-state index is 12.8. The van der Waals surface area contributed by atoms with E-state index in [1.54, 1.807) is 23.6 Å². The number of allylic oxidation sites excluding steroid dienone is 1. The van der Waals surface area contributed by atoms with Crippen LogP contribution in [-0.2, 0) is 18.5 Å². The molecule has 0 aliphatic rings. The average molecular weight is 382 g/mol. The molecule has 25 heavy (non-hydrogen) atoms. The highest BCUT2D eigenvalue weighted by Crippen LogP contribution is 2.31. The van der Waals surface area contributed by atoms with Gasteiger partial charge in [0.15, 0.2) is 5.16 Å². The first-order chi connectivity index (χ1) is 11.9. The van der Waals surface area contributed by atoms with Crippen molar-refractivity contribution in [2.24, 2.45) is 0 Å². The third kappa shape index (κ3) is 3.80. The fraction of sp³-hybridized carbons (Fsp3) is 0.176. The number of alkyl halides is 3. The number of aromatic nitrogens is 2. The Bertz CT molecular complexity index is 976. The van der Waals surface area contributed by atoms with E-state index < -0.39 is 11.7 Å². The van der Waals surface area contributed by atoms with Gasteiger partial charge in [-0.25, -0.2) is 4.98 Å². The first-order valence-electron chi connectivity index (χ1n) is 7.28. The lowest BCUT2D eigenvalue weighted by Crippen LogP contribution is -2.22. The molecule has 0 saturated heterocycles. The summed E-state index contributed by atoms with van der Waals surface area (Å²) >= 11 is 2.59. The van der Waals surface area contributed by atoms with Crippen molar-refractivity contribution < 1.29 is 13.2 Å². The van der Waals surface area contributed by atoms with Crippen molar-refractivity contribution in [1.82, 2.24) is 9.55 Å². The van der Waals surface area contributed by atoms with Crippen LogP contribution in [0, 0.1) is 0 Å². The minimum atomic E-state index is -4.38. The number of nitrogens with zero attached hydrogens (tertiary/aromatic N) is 2. The molecule has 0 unspecified atom stereocenters. The standard InChI is InChI=1S/C17H13F3N2OS2/c1-2-7-22-15(23)13-6-8-24-14(13)21-16(22)25-10-11-4-3-5-12(9-11)17(18,19)20/h2-6,8-9H,1,7,10H2. The summed E-state index contributed by atoms with van der Waals surface area (Å²) in [5.41, 5.74) is -0.334. The number of benzene rings is 1. The molecular weight excluding hydrogens is 369 g/mol. The van der Waals surface area contributed by atoms with Crippen molar-refractivity contribution in [2.45, 2.75) is 23.6 Å². The summed E-state index contributed by atoms with van der Waals surface area (Å²) in [6.07, 6.45) is -2.78. The molecule has 0 saturated carbocycles. The molecule has 3 rings (SSSR count). The molecule has 0 atom stereocenters. The third-order valence-corrected chi connectivity index (χ3v) is 5.34. The molecule has 3 nitrogen and oxygen atoms in total. The highest BCUT2D eigenvalue weighted by atomic mass is 32.2. The second kappa shape index (κ2) is 7.05. The number of thioether (sulfide) groups is 1. The monoisotopic (exact) mass is 382 g/mol. The molecule has 1 aromatic carbocycles. The van der Waals surface area contributed by atoms with Crippen molar-refractivity contribution in [1.29, 1.82) is 0 Å². The molecule has 2 aromatic heterocycles. The van der Waals surface area contributed by atoms with Gasteiger partial charge in [-0.3, -0.25) is 9.36 Å². The molecule has 0 fully saturated rings. The summed E-state index contributed by atoms with van der Waals surface area (Å²) in [5.74, 6) is 0.282. The third-order valence-electron chi connectivity index (χ3n) is 3.48. The van der Waals surface area contributed by atoms with Crippen molar-refractivity contribution in [3.63, 3.8) is 0 Å². The zero-order valence-electron chi connectivity index (χ0n) is 12.9. The van der Waals surface area contributed by atoms with Crippen molar-refractivity contribution >= 4 is 33.3 Å². The van der Waals surface area contributed by atoms with Crippen LogP contribution in [0.3, 0.4) is 0 Å². The van der Waals surface area contributed by atoms with E-state index in [4.69, 9.17) is 0 Å². The Hall–Kier alpha value is -2.06. The van der Waals surface area contributed by atoms with E-state index >= 15 is 0 Å². The number of hydrogen-bond donors (Lipinski definition) is 0. The number of rotatable bonds is 5. The smallest absolute Gasteiger partial charge is 0.283 e. The maximum Gasteiger partial charge on any atom is 0.416 e. The van der Waals surface area contributed by atoms with Gasteiger partial charge in [0.1, 0.15) is 4.83 Å². The first-order valence-corrected chi connectivity index (χ1v) is 9.14. The van der Waals surface area contributed by atoms with E-state index in [1.165, 1.54) is 33.7 Å². The van der Waals surface area contributed by atoms with Crippen molar-refractivity contribution in [3.05, 3.63) is 69.8 Å². The molecule has 0 radical (unpaired) electrons. The van der Waals surface area contributed by atoms with Crippen LogP contribution < -0.4 is 5.56 Å². The van der Waals surface area contributed by atoms with E-state index in [0.717, 1.165) is 12.1 Å². The van der Waals surface area contributed by atoms with Gasteiger partial charge in [0.2, 0.25) is 0 Å². The van der Waals surface area contributed by atoms with Crippen LogP contribution >= 0.6 is 23.1 Å². The van der Waals surface area contributed by atoms with Crippen LogP contribution in [0.1, 0.15) is 11.1 Å². The van der Waals surface area contributed by atoms with Gasteiger partial charge < -0.3 is 0 Å². The van der Waals surface area contributed by atoms with Gasteiger partial charge in [-0.1, -0.05) is 36.0 Å². The molecule has 0 N–H and O–H groups in total. The number of thiophene rings is 1. The second-order valence-electron chi connectivity index (χ2n) is 5.23. The second-order valence-corrected chi connectivity index (χ2v) is 7.06. The Labute approximate surface area is 149 Å². The quantitative estimate of drug-likeness (QED) is 0.356. The predicted octanol–water partition coefficient (Wildman–Crippen LogP) is 4.96. The fourth-order valence-electron chi connectivity index (χ4n) is 2.32. The molecule has 8 heteroatoms. The zero-order chi connectivity index (χ0) is 18.0. The predicted molar refractivity (Wildman–Crippen MR) is 95.1 cm³/mol. The lowest BCUT2D eigenvalue weighted by molar-refractivity contribution is -0.137. The molecule has 0 bridgehead atoms. The molecule has 0 amide bonds. The minimum Gasteiger partial charge on any atom is -0.283 e. The minimum absolute atomic E-state index is 0.169. The number of halogens is 3. The highest BCUT2D eigenvalue weighted by Gasteiger charge is 2.30. The lowest BCUT2D eigenvalue weighted by Gasteiger charge is -2.11. The maximum atomic E-state index is 12.8. The average Bonchev–Trinajstić information content (AvgIpc) is 3.04. The van der Waals surface area contributed by atoms with Crippen LogP contribution in [0.2, 0.25) is 0 Å². The molecule has 0 aliphatic carbocycles. The van der Waals surface area contributed by atoms with E-state index in [9.17, 15) is 18.0 Å². The Morgan fingerprint density at radius 3 is 2.84 bits per heavy atom. The van der Waals surface area contributed by atoms with Gasteiger partial charge in [0.05, 0.1) is 10.9 Å². The summed E-state index contributed by atoms with van der Waals surface area (Å²) < 4.78 is 39.9. The van der Waals surface area contributed by atoms with Crippen LogP contribution in [-0.4, -0.2) is 9.55 Å². The van der Waals surface area contributed by atoms with Crippen LogP contribution in [0.15, 0.2) is 58.3 Å². The normalized spacial score (nSPS) is 11.8. The number of fused-ring (bicyclic) bond motifs is 1. The summed E-state index contributed by atoms with van der Waals surface area (Å²) in [7, 11) is 0. The van der Waals surface area contributed by atoms with E-state index in [1.807, 2.05) is 0 Å². The van der Waals surface area contributed by atoms with Crippen LogP contribution in [0.25, 0.3) is 10.2 Å². The highest BCUT2D eigenvalue weighted by molar-refractivity contribution is 7.98. The van der Waals surface area contributed by atoms with Crippen molar-refractivity contribution in [3.8, 4) is 0 Å².